The van der Waals surface area contributed by atoms with Crippen LogP contribution in [0, 0.1) is 0 Å². The van der Waals surface area contributed by atoms with Crippen molar-refractivity contribution in [2.45, 2.75) is 65.0 Å². The molecule has 0 aromatic heterocycles. The summed E-state index contributed by atoms with van der Waals surface area (Å²) < 4.78 is 0. The van der Waals surface area contributed by atoms with Crippen LogP contribution in [0.15, 0.2) is 0 Å². The molecule has 2 rings (SSSR count). The van der Waals surface area contributed by atoms with Crippen molar-refractivity contribution in [3.05, 3.63) is 0 Å². The first-order chi connectivity index (χ1) is 7.59. The highest BCUT2D eigenvalue weighted by molar-refractivity contribution is 4.93. The third kappa shape index (κ3) is 3.21. The number of hydrogen-bond acceptors (Lipinski definition) is 2. The molecule has 0 amide bonds. The maximum absolute atomic E-state index is 2.76. The normalized spacial score (nSPS) is 30.9. The number of hydrogen-bond donors (Lipinski definition) is 0. The monoisotopic (exact) mass is 226 g/mol. The summed E-state index contributed by atoms with van der Waals surface area (Å²) in [6.07, 6.45) is 5.64. The molecule has 2 heteroatoms. The molecule has 2 heterocycles. The average molecular weight is 226 g/mol. The second kappa shape index (κ2) is 6.02. The Hall–Kier alpha value is -0.0800. The van der Waals surface area contributed by atoms with Gasteiger partial charge < -0.3 is 4.90 Å². The lowest BCUT2D eigenvalue weighted by molar-refractivity contribution is 0.0132. The molecule has 0 spiro atoms. The minimum Gasteiger partial charge on any atom is -0.304 e. The van der Waals surface area contributed by atoms with Gasteiger partial charge in [-0.25, -0.2) is 0 Å². The highest BCUT2D eigenvalue weighted by Crippen LogP contribution is 2.31. The lowest BCUT2D eigenvalue weighted by atomic mass is 9.95. The fourth-order valence-electron chi connectivity index (χ4n) is 3.14. The molecule has 2 aliphatic rings. The maximum atomic E-state index is 2.76. The molecule has 1 atom stereocenters. The first-order valence-electron chi connectivity index (χ1n) is 7.05. The van der Waals surface area contributed by atoms with Crippen LogP contribution in [-0.4, -0.2) is 48.1 Å². The molecule has 2 nitrogen and oxygen atoms in total. The summed E-state index contributed by atoms with van der Waals surface area (Å²) in [5.74, 6) is 0. The minimum absolute atomic E-state index is 0.447. The van der Waals surface area contributed by atoms with Crippen molar-refractivity contribution in [2.24, 2.45) is 0 Å². The Labute approximate surface area is 102 Å². The summed E-state index contributed by atoms with van der Waals surface area (Å²) in [4.78, 5) is 5.25. The van der Waals surface area contributed by atoms with Gasteiger partial charge in [0.25, 0.3) is 0 Å². The summed E-state index contributed by atoms with van der Waals surface area (Å²) in [7, 11) is 2.26. The van der Waals surface area contributed by atoms with E-state index in [0.717, 1.165) is 6.04 Å². The highest BCUT2D eigenvalue weighted by Gasteiger charge is 2.36. The van der Waals surface area contributed by atoms with Crippen molar-refractivity contribution in [3.8, 4) is 0 Å². The van der Waals surface area contributed by atoms with Crippen LogP contribution < -0.4 is 0 Å². The Balaban J connectivity index is 0.000000606. The topological polar surface area (TPSA) is 6.48 Å². The largest absolute Gasteiger partial charge is 0.304 e. The number of nitrogens with zero attached hydrogens (tertiary/aromatic N) is 2. The van der Waals surface area contributed by atoms with Gasteiger partial charge in [-0.05, 0) is 33.7 Å². The molecule has 1 unspecified atom stereocenters. The van der Waals surface area contributed by atoms with Crippen LogP contribution in [0.25, 0.3) is 0 Å². The molecule has 0 aliphatic carbocycles. The zero-order valence-electron chi connectivity index (χ0n) is 11.9. The predicted molar refractivity (Wildman–Crippen MR) is 71.9 cm³/mol. The SMILES string of the molecule is CC.CN1CCN2C(CCCCC2(C)C)C1. The quantitative estimate of drug-likeness (QED) is 0.626. The lowest BCUT2D eigenvalue weighted by Crippen LogP contribution is -2.58. The van der Waals surface area contributed by atoms with Gasteiger partial charge in [0, 0.05) is 31.2 Å². The molecule has 0 N–H and O–H groups in total. The van der Waals surface area contributed by atoms with Crippen molar-refractivity contribution in [3.63, 3.8) is 0 Å². The number of fused-ring (bicyclic) bond motifs is 1. The lowest BCUT2D eigenvalue weighted by Gasteiger charge is -2.47. The first kappa shape index (κ1) is 14.0. The van der Waals surface area contributed by atoms with Crippen LogP contribution in [0.1, 0.15) is 53.4 Å². The van der Waals surface area contributed by atoms with Crippen molar-refractivity contribution >= 4 is 0 Å². The van der Waals surface area contributed by atoms with E-state index in [9.17, 15) is 0 Å². The standard InChI is InChI=1S/C12H24N2.C2H6/c1-12(2)7-5-4-6-11-10-13(3)8-9-14(11)12;1-2/h11H,4-10H2,1-3H3;1-2H3. The van der Waals surface area contributed by atoms with Gasteiger partial charge in [-0.3, -0.25) is 4.90 Å². The predicted octanol–water partition coefficient (Wildman–Crippen LogP) is 2.98. The maximum Gasteiger partial charge on any atom is 0.0228 e. The van der Waals surface area contributed by atoms with E-state index in [0.29, 0.717) is 5.54 Å². The van der Waals surface area contributed by atoms with Gasteiger partial charge in [-0.2, -0.15) is 0 Å². The molecule has 16 heavy (non-hydrogen) atoms. The zero-order chi connectivity index (χ0) is 12.2. The Morgan fingerprint density at radius 2 is 1.75 bits per heavy atom. The Kier molecular flexibility index (Phi) is 5.26. The third-order valence-corrected chi connectivity index (χ3v) is 4.04. The summed E-state index contributed by atoms with van der Waals surface area (Å²) in [6.45, 7) is 12.7. The molecule has 96 valence electrons. The van der Waals surface area contributed by atoms with Crippen molar-refractivity contribution in [1.82, 2.24) is 9.80 Å². The van der Waals surface area contributed by atoms with E-state index in [1.54, 1.807) is 0 Å². The molecule has 2 saturated heterocycles. The second-order valence-corrected chi connectivity index (χ2v) is 5.67. The summed E-state index contributed by atoms with van der Waals surface area (Å²) >= 11 is 0. The molecule has 0 aromatic rings. The zero-order valence-corrected chi connectivity index (χ0v) is 11.9. The van der Waals surface area contributed by atoms with Crippen LogP contribution >= 0.6 is 0 Å². The van der Waals surface area contributed by atoms with E-state index in [1.165, 1.54) is 45.3 Å². The Morgan fingerprint density at radius 1 is 1.06 bits per heavy atom. The summed E-state index contributed by atoms with van der Waals surface area (Å²) in [5, 5.41) is 0. The van der Waals surface area contributed by atoms with Gasteiger partial charge in [0.2, 0.25) is 0 Å². The number of likely N-dealkylation sites (N-methyl/N-ethyl adjacent to an activating group) is 1. The first-order valence-corrected chi connectivity index (χ1v) is 7.05. The van der Waals surface area contributed by atoms with Gasteiger partial charge in [0.1, 0.15) is 0 Å². The van der Waals surface area contributed by atoms with E-state index in [-0.39, 0.29) is 0 Å². The third-order valence-electron chi connectivity index (χ3n) is 4.04. The smallest absolute Gasteiger partial charge is 0.0228 e. The van der Waals surface area contributed by atoms with E-state index < -0.39 is 0 Å². The van der Waals surface area contributed by atoms with Gasteiger partial charge in [0.15, 0.2) is 0 Å². The van der Waals surface area contributed by atoms with Crippen LogP contribution in [0.2, 0.25) is 0 Å². The fraction of sp³-hybridized carbons (Fsp3) is 1.00. The van der Waals surface area contributed by atoms with Gasteiger partial charge in [0.05, 0.1) is 0 Å². The molecule has 2 aliphatic heterocycles. The van der Waals surface area contributed by atoms with E-state index in [4.69, 9.17) is 0 Å². The van der Waals surface area contributed by atoms with Gasteiger partial charge in [-0.1, -0.05) is 26.7 Å². The van der Waals surface area contributed by atoms with Gasteiger partial charge >= 0.3 is 0 Å². The summed E-state index contributed by atoms with van der Waals surface area (Å²) in [6, 6.07) is 0.825. The molecule has 0 radical (unpaired) electrons. The fourth-order valence-corrected chi connectivity index (χ4v) is 3.14. The van der Waals surface area contributed by atoms with Crippen molar-refractivity contribution < 1.29 is 0 Å². The van der Waals surface area contributed by atoms with Crippen molar-refractivity contribution in [2.75, 3.05) is 26.7 Å². The molecule has 2 fully saturated rings. The van der Waals surface area contributed by atoms with Crippen LogP contribution in [-0.2, 0) is 0 Å². The Bertz CT molecular complexity index is 201. The van der Waals surface area contributed by atoms with E-state index in [1.807, 2.05) is 13.8 Å². The van der Waals surface area contributed by atoms with E-state index in [2.05, 4.69) is 30.7 Å². The number of rotatable bonds is 0. The molecule has 0 saturated carbocycles. The average Bonchev–Trinajstić information content (AvgIpc) is 2.40. The molecule has 0 bridgehead atoms. The molecule has 0 aromatic carbocycles. The molecular formula is C14H30N2. The van der Waals surface area contributed by atoms with Crippen molar-refractivity contribution in [1.29, 1.82) is 0 Å². The highest BCUT2D eigenvalue weighted by atomic mass is 15.3. The summed E-state index contributed by atoms with van der Waals surface area (Å²) in [5.41, 5.74) is 0.447. The Morgan fingerprint density at radius 3 is 2.44 bits per heavy atom. The molecular weight excluding hydrogens is 196 g/mol. The minimum atomic E-state index is 0.447. The number of piperazine rings is 1. The van der Waals surface area contributed by atoms with Gasteiger partial charge in [-0.15, -0.1) is 0 Å². The second-order valence-electron chi connectivity index (χ2n) is 5.67. The van der Waals surface area contributed by atoms with Crippen LogP contribution in [0.4, 0.5) is 0 Å². The van der Waals surface area contributed by atoms with Crippen LogP contribution in [0.5, 0.6) is 0 Å². The van der Waals surface area contributed by atoms with E-state index >= 15 is 0 Å². The van der Waals surface area contributed by atoms with Crippen LogP contribution in [0.3, 0.4) is 0 Å².